The van der Waals surface area contributed by atoms with Crippen molar-refractivity contribution in [2.45, 2.75) is 0 Å². The molecule has 0 aromatic heterocycles. The van der Waals surface area contributed by atoms with E-state index in [1.165, 1.54) is 12.1 Å². The number of para-hydroxylation sites is 3. The zero-order chi connectivity index (χ0) is 17.8. The molecular formula is C20H16F2N2O. The Bertz CT molecular complexity index is 897. The zero-order valence-corrected chi connectivity index (χ0v) is 13.5. The van der Waals surface area contributed by atoms with Crippen LogP contribution in [0.15, 0.2) is 72.8 Å². The van der Waals surface area contributed by atoms with Crippen LogP contribution in [0.1, 0.15) is 10.4 Å². The average Bonchev–Trinajstić information content (AvgIpc) is 2.64. The molecule has 0 aliphatic heterocycles. The third-order valence-electron chi connectivity index (χ3n) is 3.85. The van der Waals surface area contributed by atoms with Crippen LogP contribution in [0.25, 0.3) is 0 Å². The summed E-state index contributed by atoms with van der Waals surface area (Å²) < 4.78 is 27.2. The summed E-state index contributed by atoms with van der Waals surface area (Å²) in [4.78, 5) is 14.3. The topological polar surface area (TPSA) is 32.3 Å². The number of halogens is 2. The summed E-state index contributed by atoms with van der Waals surface area (Å²) >= 11 is 0. The van der Waals surface area contributed by atoms with E-state index in [1.807, 2.05) is 54.4 Å². The monoisotopic (exact) mass is 338 g/mol. The van der Waals surface area contributed by atoms with E-state index < -0.39 is 17.5 Å². The van der Waals surface area contributed by atoms with E-state index in [1.54, 1.807) is 12.1 Å². The van der Waals surface area contributed by atoms with Crippen LogP contribution in [0.4, 0.5) is 25.8 Å². The standard InChI is InChI=1S/C20H16F2N2O/c1-24(14-8-3-2-4-9-14)18-13-6-5-12-17(18)23-20(25)15-10-7-11-16(21)19(15)22/h2-13H,1H3,(H,23,25). The van der Waals surface area contributed by atoms with E-state index in [0.29, 0.717) is 5.69 Å². The first-order valence-corrected chi connectivity index (χ1v) is 7.71. The quantitative estimate of drug-likeness (QED) is 0.727. The summed E-state index contributed by atoms with van der Waals surface area (Å²) in [6.07, 6.45) is 0. The molecule has 25 heavy (non-hydrogen) atoms. The van der Waals surface area contributed by atoms with Gasteiger partial charge in [0.15, 0.2) is 11.6 Å². The molecule has 0 atom stereocenters. The van der Waals surface area contributed by atoms with Crippen LogP contribution in [-0.2, 0) is 0 Å². The summed E-state index contributed by atoms with van der Waals surface area (Å²) in [6.45, 7) is 0. The Morgan fingerprint density at radius 1 is 0.880 bits per heavy atom. The van der Waals surface area contributed by atoms with Gasteiger partial charge in [-0.25, -0.2) is 8.78 Å². The predicted octanol–water partition coefficient (Wildman–Crippen LogP) is 4.99. The van der Waals surface area contributed by atoms with Crippen LogP contribution in [0.3, 0.4) is 0 Å². The number of rotatable bonds is 4. The molecule has 3 nitrogen and oxygen atoms in total. The smallest absolute Gasteiger partial charge is 0.258 e. The van der Waals surface area contributed by atoms with Crippen molar-refractivity contribution in [1.82, 2.24) is 0 Å². The Kier molecular flexibility index (Phi) is 4.75. The summed E-state index contributed by atoms with van der Waals surface area (Å²) in [5, 5.41) is 2.66. The SMILES string of the molecule is CN(c1ccccc1)c1ccccc1NC(=O)c1cccc(F)c1F. The second-order valence-corrected chi connectivity index (χ2v) is 5.47. The summed E-state index contributed by atoms with van der Waals surface area (Å²) in [5.74, 6) is -2.91. The van der Waals surface area contributed by atoms with Gasteiger partial charge in [-0.05, 0) is 36.4 Å². The van der Waals surface area contributed by atoms with Gasteiger partial charge in [0.25, 0.3) is 5.91 Å². The molecule has 0 unspecified atom stereocenters. The minimum atomic E-state index is -1.16. The Labute approximate surface area is 144 Å². The van der Waals surface area contributed by atoms with Gasteiger partial charge in [-0.3, -0.25) is 4.79 Å². The number of hydrogen-bond donors (Lipinski definition) is 1. The minimum absolute atomic E-state index is 0.336. The molecule has 0 aliphatic carbocycles. The fourth-order valence-corrected chi connectivity index (χ4v) is 2.53. The summed E-state index contributed by atoms with van der Waals surface area (Å²) in [7, 11) is 1.86. The van der Waals surface area contributed by atoms with Gasteiger partial charge in [0, 0.05) is 12.7 Å². The third-order valence-corrected chi connectivity index (χ3v) is 3.85. The number of carbonyl (C=O) groups excluding carboxylic acids is 1. The number of carbonyl (C=O) groups is 1. The number of anilines is 3. The van der Waals surface area contributed by atoms with Gasteiger partial charge < -0.3 is 10.2 Å². The average molecular weight is 338 g/mol. The fraction of sp³-hybridized carbons (Fsp3) is 0.0500. The Morgan fingerprint density at radius 3 is 2.32 bits per heavy atom. The number of nitrogens with zero attached hydrogens (tertiary/aromatic N) is 1. The van der Waals surface area contributed by atoms with Gasteiger partial charge in [0.05, 0.1) is 16.9 Å². The van der Waals surface area contributed by atoms with Crippen molar-refractivity contribution >= 4 is 23.0 Å². The van der Waals surface area contributed by atoms with Crippen LogP contribution in [0, 0.1) is 11.6 Å². The first kappa shape index (κ1) is 16.6. The van der Waals surface area contributed by atoms with Gasteiger partial charge in [-0.1, -0.05) is 36.4 Å². The van der Waals surface area contributed by atoms with Crippen molar-refractivity contribution in [2.24, 2.45) is 0 Å². The lowest BCUT2D eigenvalue weighted by atomic mass is 10.1. The van der Waals surface area contributed by atoms with Crippen LogP contribution in [0.5, 0.6) is 0 Å². The van der Waals surface area contributed by atoms with Gasteiger partial charge in [-0.2, -0.15) is 0 Å². The van der Waals surface area contributed by atoms with E-state index >= 15 is 0 Å². The molecule has 3 aromatic rings. The van der Waals surface area contributed by atoms with Crippen molar-refractivity contribution in [2.75, 3.05) is 17.3 Å². The van der Waals surface area contributed by atoms with Crippen molar-refractivity contribution in [1.29, 1.82) is 0 Å². The van der Waals surface area contributed by atoms with Crippen LogP contribution in [0.2, 0.25) is 0 Å². The first-order chi connectivity index (χ1) is 12.1. The molecule has 0 saturated heterocycles. The maximum Gasteiger partial charge on any atom is 0.258 e. The molecule has 0 fully saturated rings. The molecule has 0 heterocycles. The maximum atomic E-state index is 13.8. The lowest BCUT2D eigenvalue weighted by Crippen LogP contribution is -2.18. The first-order valence-electron chi connectivity index (χ1n) is 7.71. The lowest BCUT2D eigenvalue weighted by molar-refractivity contribution is 0.102. The molecule has 126 valence electrons. The van der Waals surface area contributed by atoms with Crippen LogP contribution < -0.4 is 10.2 Å². The number of benzene rings is 3. The summed E-state index contributed by atoms with van der Waals surface area (Å²) in [5.41, 5.74) is 1.83. The molecule has 0 aliphatic rings. The maximum absolute atomic E-state index is 13.8. The summed E-state index contributed by atoms with van der Waals surface area (Å²) in [6, 6.07) is 20.3. The van der Waals surface area contributed by atoms with E-state index in [2.05, 4.69) is 5.32 Å². The molecule has 1 amide bonds. The highest BCUT2D eigenvalue weighted by Crippen LogP contribution is 2.30. The molecule has 0 bridgehead atoms. The number of amides is 1. The Balaban J connectivity index is 1.91. The highest BCUT2D eigenvalue weighted by atomic mass is 19.2. The molecule has 0 saturated carbocycles. The van der Waals surface area contributed by atoms with Crippen molar-refractivity contribution < 1.29 is 13.6 Å². The van der Waals surface area contributed by atoms with Gasteiger partial charge in [0.2, 0.25) is 0 Å². The highest BCUT2D eigenvalue weighted by Gasteiger charge is 2.17. The number of hydrogen-bond acceptors (Lipinski definition) is 2. The van der Waals surface area contributed by atoms with Crippen LogP contribution >= 0.6 is 0 Å². The third kappa shape index (κ3) is 3.50. The van der Waals surface area contributed by atoms with Gasteiger partial charge in [-0.15, -0.1) is 0 Å². The molecule has 0 spiro atoms. The van der Waals surface area contributed by atoms with E-state index in [-0.39, 0.29) is 5.56 Å². The van der Waals surface area contributed by atoms with Crippen LogP contribution in [-0.4, -0.2) is 13.0 Å². The fourth-order valence-electron chi connectivity index (χ4n) is 2.53. The Morgan fingerprint density at radius 2 is 1.56 bits per heavy atom. The van der Waals surface area contributed by atoms with Crippen molar-refractivity contribution in [3.8, 4) is 0 Å². The Hall–Kier alpha value is -3.21. The van der Waals surface area contributed by atoms with E-state index in [4.69, 9.17) is 0 Å². The zero-order valence-electron chi connectivity index (χ0n) is 13.5. The molecule has 3 aromatic carbocycles. The second kappa shape index (κ2) is 7.13. The van der Waals surface area contributed by atoms with Crippen molar-refractivity contribution in [3.63, 3.8) is 0 Å². The molecule has 1 N–H and O–H groups in total. The van der Waals surface area contributed by atoms with E-state index in [9.17, 15) is 13.6 Å². The van der Waals surface area contributed by atoms with Gasteiger partial charge in [0.1, 0.15) is 0 Å². The molecule has 0 radical (unpaired) electrons. The molecule has 5 heteroatoms. The molecule has 3 rings (SSSR count). The second-order valence-electron chi connectivity index (χ2n) is 5.47. The minimum Gasteiger partial charge on any atom is -0.343 e. The largest absolute Gasteiger partial charge is 0.343 e. The van der Waals surface area contributed by atoms with E-state index in [0.717, 1.165) is 17.4 Å². The number of nitrogens with one attached hydrogen (secondary N) is 1. The predicted molar refractivity (Wildman–Crippen MR) is 95.3 cm³/mol. The molecular weight excluding hydrogens is 322 g/mol. The highest BCUT2D eigenvalue weighted by molar-refractivity contribution is 6.06. The lowest BCUT2D eigenvalue weighted by Gasteiger charge is -2.22. The van der Waals surface area contributed by atoms with Gasteiger partial charge >= 0.3 is 0 Å². The van der Waals surface area contributed by atoms with Crippen molar-refractivity contribution in [3.05, 3.63) is 90.0 Å². The normalized spacial score (nSPS) is 10.4.